The van der Waals surface area contributed by atoms with Crippen molar-refractivity contribution in [1.82, 2.24) is 0 Å². The van der Waals surface area contributed by atoms with Gasteiger partial charge < -0.3 is 4.74 Å². The minimum atomic E-state index is -0.191. The van der Waals surface area contributed by atoms with E-state index in [4.69, 9.17) is 0 Å². The highest BCUT2D eigenvalue weighted by Crippen LogP contribution is 2.15. The van der Waals surface area contributed by atoms with E-state index in [9.17, 15) is 9.59 Å². The van der Waals surface area contributed by atoms with Crippen molar-refractivity contribution < 1.29 is 14.3 Å². The highest BCUT2D eigenvalue weighted by Gasteiger charge is 2.07. The molecule has 1 aliphatic carbocycles. The molecule has 0 bridgehead atoms. The fourth-order valence-electron chi connectivity index (χ4n) is 1.37. The molecule has 76 valence electrons. The summed E-state index contributed by atoms with van der Waals surface area (Å²) in [6.07, 6.45) is 7.75. The van der Waals surface area contributed by atoms with Crippen LogP contribution in [0, 0.1) is 0 Å². The standard InChI is InChI=1S/C11H14O3/c1-14-11(13)7-3-5-9-4-2-6-10(12)8-9/h2,4,6H,3,5,7-8H2,1H3. The Balaban J connectivity index is 2.25. The lowest BCUT2D eigenvalue weighted by atomic mass is 9.99. The number of methoxy groups -OCH3 is 1. The zero-order valence-corrected chi connectivity index (χ0v) is 8.29. The molecule has 0 atom stereocenters. The summed E-state index contributed by atoms with van der Waals surface area (Å²) in [6, 6.07) is 0. The Morgan fingerprint density at radius 1 is 1.57 bits per heavy atom. The third kappa shape index (κ3) is 3.56. The van der Waals surface area contributed by atoms with Crippen LogP contribution in [0.4, 0.5) is 0 Å². The summed E-state index contributed by atoms with van der Waals surface area (Å²) in [5, 5.41) is 0. The van der Waals surface area contributed by atoms with Crippen LogP contribution >= 0.6 is 0 Å². The van der Waals surface area contributed by atoms with Crippen LogP contribution in [-0.2, 0) is 14.3 Å². The second-order valence-corrected chi connectivity index (χ2v) is 3.26. The lowest BCUT2D eigenvalue weighted by Crippen LogP contribution is -2.02. The number of carbonyl (C=O) groups excluding carboxylic acids is 2. The summed E-state index contributed by atoms with van der Waals surface area (Å²) < 4.78 is 4.52. The van der Waals surface area contributed by atoms with Crippen LogP contribution in [0.15, 0.2) is 23.8 Å². The van der Waals surface area contributed by atoms with E-state index >= 15 is 0 Å². The maximum atomic E-state index is 11.0. The normalized spacial score (nSPS) is 15.2. The van der Waals surface area contributed by atoms with Crippen molar-refractivity contribution in [2.24, 2.45) is 0 Å². The van der Waals surface area contributed by atoms with Crippen LogP contribution in [0.2, 0.25) is 0 Å². The molecular formula is C11H14O3. The van der Waals surface area contributed by atoms with Gasteiger partial charge in [0.05, 0.1) is 7.11 Å². The number of ether oxygens (including phenoxy) is 1. The highest BCUT2D eigenvalue weighted by atomic mass is 16.5. The second kappa shape index (κ2) is 5.37. The van der Waals surface area contributed by atoms with E-state index in [2.05, 4.69) is 4.74 Å². The Morgan fingerprint density at radius 2 is 2.36 bits per heavy atom. The first kappa shape index (κ1) is 10.7. The van der Waals surface area contributed by atoms with Crippen LogP contribution < -0.4 is 0 Å². The van der Waals surface area contributed by atoms with Gasteiger partial charge in [-0.1, -0.05) is 17.7 Å². The first-order valence-electron chi connectivity index (χ1n) is 4.68. The molecule has 0 amide bonds. The van der Waals surface area contributed by atoms with Gasteiger partial charge in [-0.2, -0.15) is 0 Å². The molecule has 0 unspecified atom stereocenters. The maximum absolute atomic E-state index is 11.0. The molecule has 3 heteroatoms. The molecule has 0 aromatic rings. The van der Waals surface area contributed by atoms with Gasteiger partial charge in [-0.15, -0.1) is 0 Å². The monoisotopic (exact) mass is 194 g/mol. The van der Waals surface area contributed by atoms with Crippen LogP contribution in [0.25, 0.3) is 0 Å². The lowest BCUT2D eigenvalue weighted by molar-refractivity contribution is -0.140. The topological polar surface area (TPSA) is 43.4 Å². The molecule has 1 rings (SSSR count). The molecule has 1 aliphatic rings. The molecular weight excluding hydrogens is 180 g/mol. The van der Waals surface area contributed by atoms with Gasteiger partial charge in [0.25, 0.3) is 0 Å². The van der Waals surface area contributed by atoms with E-state index in [1.54, 1.807) is 12.2 Å². The van der Waals surface area contributed by atoms with Gasteiger partial charge in [0, 0.05) is 12.8 Å². The van der Waals surface area contributed by atoms with Gasteiger partial charge in [0.1, 0.15) is 0 Å². The molecule has 0 aliphatic heterocycles. The van der Waals surface area contributed by atoms with Crippen molar-refractivity contribution in [3.05, 3.63) is 23.8 Å². The summed E-state index contributed by atoms with van der Waals surface area (Å²) in [5.74, 6) is -0.0520. The van der Waals surface area contributed by atoms with Crippen molar-refractivity contribution in [2.45, 2.75) is 25.7 Å². The van der Waals surface area contributed by atoms with E-state index in [-0.39, 0.29) is 11.8 Å². The molecule has 3 nitrogen and oxygen atoms in total. The molecule has 0 saturated heterocycles. The zero-order chi connectivity index (χ0) is 10.4. The van der Waals surface area contributed by atoms with Crippen molar-refractivity contribution in [2.75, 3.05) is 7.11 Å². The van der Waals surface area contributed by atoms with Crippen LogP contribution in [0.1, 0.15) is 25.7 Å². The fourth-order valence-corrected chi connectivity index (χ4v) is 1.37. The number of allylic oxidation sites excluding steroid dienone is 4. The van der Waals surface area contributed by atoms with Crippen molar-refractivity contribution in [3.8, 4) is 0 Å². The largest absolute Gasteiger partial charge is 0.469 e. The molecule has 0 aromatic heterocycles. The summed E-state index contributed by atoms with van der Waals surface area (Å²) in [5.41, 5.74) is 1.10. The van der Waals surface area contributed by atoms with E-state index < -0.39 is 0 Å². The van der Waals surface area contributed by atoms with Crippen LogP contribution in [0.3, 0.4) is 0 Å². The molecule has 0 radical (unpaired) electrons. The van der Waals surface area contributed by atoms with Crippen molar-refractivity contribution in [1.29, 1.82) is 0 Å². The minimum absolute atomic E-state index is 0.139. The quantitative estimate of drug-likeness (QED) is 0.641. The Hall–Kier alpha value is -1.38. The Bertz CT molecular complexity index is 287. The minimum Gasteiger partial charge on any atom is -0.469 e. The van der Waals surface area contributed by atoms with E-state index in [1.807, 2.05) is 6.08 Å². The summed E-state index contributed by atoms with van der Waals surface area (Å²) in [7, 11) is 1.38. The third-order valence-electron chi connectivity index (χ3n) is 2.12. The number of hydrogen-bond donors (Lipinski definition) is 0. The van der Waals surface area contributed by atoms with Gasteiger partial charge in [0.15, 0.2) is 5.78 Å². The summed E-state index contributed by atoms with van der Waals surface area (Å²) >= 11 is 0. The Kier molecular flexibility index (Phi) is 4.11. The van der Waals surface area contributed by atoms with E-state index in [0.29, 0.717) is 12.8 Å². The molecule has 0 fully saturated rings. The van der Waals surface area contributed by atoms with E-state index in [1.165, 1.54) is 7.11 Å². The van der Waals surface area contributed by atoms with Gasteiger partial charge >= 0.3 is 5.97 Å². The van der Waals surface area contributed by atoms with Crippen LogP contribution in [-0.4, -0.2) is 18.9 Å². The Morgan fingerprint density at radius 3 is 3.00 bits per heavy atom. The fraction of sp³-hybridized carbons (Fsp3) is 0.455. The summed E-state index contributed by atoms with van der Waals surface area (Å²) in [6.45, 7) is 0. The molecule has 0 aromatic carbocycles. The zero-order valence-electron chi connectivity index (χ0n) is 8.29. The van der Waals surface area contributed by atoms with Gasteiger partial charge in [-0.05, 0) is 18.9 Å². The summed E-state index contributed by atoms with van der Waals surface area (Å²) in [4.78, 5) is 21.8. The third-order valence-corrected chi connectivity index (χ3v) is 2.12. The average molecular weight is 194 g/mol. The predicted octanol–water partition coefficient (Wildman–Crippen LogP) is 1.79. The SMILES string of the molecule is COC(=O)CCCC1=CC=CC(=O)C1. The number of hydrogen-bond acceptors (Lipinski definition) is 3. The molecule has 0 saturated carbocycles. The van der Waals surface area contributed by atoms with Gasteiger partial charge in [0.2, 0.25) is 0 Å². The van der Waals surface area contributed by atoms with Gasteiger partial charge in [-0.25, -0.2) is 0 Å². The Labute approximate surface area is 83.4 Å². The number of carbonyl (C=O) groups is 2. The smallest absolute Gasteiger partial charge is 0.305 e. The second-order valence-electron chi connectivity index (χ2n) is 3.26. The molecule has 0 spiro atoms. The number of esters is 1. The predicted molar refractivity (Wildman–Crippen MR) is 52.7 cm³/mol. The average Bonchev–Trinajstić information content (AvgIpc) is 2.17. The van der Waals surface area contributed by atoms with E-state index in [0.717, 1.165) is 18.4 Å². The van der Waals surface area contributed by atoms with Crippen LogP contribution in [0.5, 0.6) is 0 Å². The molecule has 0 heterocycles. The van der Waals surface area contributed by atoms with Crippen molar-refractivity contribution >= 4 is 11.8 Å². The molecule has 0 N–H and O–H groups in total. The first-order chi connectivity index (χ1) is 6.72. The maximum Gasteiger partial charge on any atom is 0.305 e. The van der Waals surface area contributed by atoms with Crippen molar-refractivity contribution in [3.63, 3.8) is 0 Å². The highest BCUT2D eigenvalue weighted by molar-refractivity contribution is 5.92. The first-order valence-corrected chi connectivity index (χ1v) is 4.68. The number of rotatable bonds is 4. The lowest BCUT2D eigenvalue weighted by Gasteiger charge is -2.07. The number of ketones is 1. The van der Waals surface area contributed by atoms with Gasteiger partial charge in [-0.3, -0.25) is 9.59 Å². The molecule has 14 heavy (non-hydrogen) atoms.